The molecule has 10 heteroatoms. The predicted molar refractivity (Wildman–Crippen MR) is 122 cm³/mol. The number of aromatic nitrogens is 1. The summed E-state index contributed by atoms with van der Waals surface area (Å²) in [6.07, 6.45) is 1.33. The summed E-state index contributed by atoms with van der Waals surface area (Å²) in [6.45, 7) is 2.77. The van der Waals surface area contributed by atoms with Crippen LogP contribution < -0.4 is 10.1 Å². The third-order valence-electron chi connectivity index (χ3n) is 7.51. The Hall–Kier alpha value is -2.36. The molecule has 0 spiro atoms. The Morgan fingerprint density at radius 3 is 2.57 bits per heavy atom. The van der Waals surface area contributed by atoms with Gasteiger partial charge in [-0.25, -0.2) is 4.98 Å². The topological polar surface area (TPSA) is 80.8 Å². The number of ether oxygens (including phenoxy) is 2. The van der Waals surface area contributed by atoms with E-state index in [4.69, 9.17) is 9.47 Å². The summed E-state index contributed by atoms with van der Waals surface area (Å²) in [7, 11) is 0. The lowest BCUT2D eigenvalue weighted by atomic mass is 9.81. The Bertz CT molecular complexity index is 868. The molecule has 1 atom stereocenters. The first-order chi connectivity index (χ1) is 16.8. The minimum atomic E-state index is -4.18. The van der Waals surface area contributed by atoms with Crippen molar-refractivity contribution in [1.29, 1.82) is 0 Å². The van der Waals surface area contributed by atoms with E-state index in [1.807, 2.05) is 0 Å². The van der Waals surface area contributed by atoms with Crippen molar-refractivity contribution in [2.45, 2.75) is 63.6 Å². The number of halogens is 3. The van der Waals surface area contributed by atoms with Gasteiger partial charge in [0.25, 0.3) is 5.91 Å². The van der Waals surface area contributed by atoms with Gasteiger partial charge in [-0.05, 0) is 69.4 Å². The number of pyridine rings is 1. The van der Waals surface area contributed by atoms with Crippen LogP contribution in [0.1, 0.15) is 61.9 Å². The van der Waals surface area contributed by atoms with Crippen LogP contribution in [0.25, 0.3) is 0 Å². The normalized spacial score (nSPS) is 25.9. The second-order valence-electron chi connectivity index (χ2n) is 9.84. The van der Waals surface area contributed by atoms with Gasteiger partial charge in [0, 0.05) is 38.4 Å². The predicted octanol–water partition coefficient (Wildman–Crippen LogP) is 3.98. The molecule has 7 nitrogen and oxygen atoms in total. The average Bonchev–Trinajstić information content (AvgIpc) is 3.34. The number of nitrogens with zero attached hydrogens (tertiary/aromatic N) is 2. The molecule has 0 bridgehead atoms. The van der Waals surface area contributed by atoms with E-state index in [-0.39, 0.29) is 61.8 Å². The van der Waals surface area contributed by atoms with Crippen molar-refractivity contribution in [3.8, 4) is 5.75 Å². The third kappa shape index (κ3) is 6.65. The van der Waals surface area contributed by atoms with E-state index >= 15 is 0 Å². The Morgan fingerprint density at radius 2 is 1.86 bits per heavy atom. The molecule has 0 aromatic carbocycles. The van der Waals surface area contributed by atoms with Gasteiger partial charge >= 0.3 is 6.18 Å². The fraction of sp³-hybridized carbons (Fsp3) is 0.720. The lowest BCUT2D eigenvalue weighted by Gasteiger charge is -2.33. The highest BCUT2D eigenvalue weighted by Gasteiger charge is 2.44. The van der Waals surface area contributed by atoms with E-state index in [1.54, 1.807) is 23.2 Å². The van der Waals surface area contributed by atoms with Gasteiger partial charge in [-0.1, -0.05) is 0 Å². The number of amides is 2. The summed E-state index contributed by atoms with van der Waals surface area (Å²) in [5.74, 6) is -1.29. The molecule has 3 fully saturated rings. The van der Waals surface area contributed by atoms with Gasteiger partial charge in [0.2, 0.25) is 5.91 Å². The maximum Gasteiger partial charge on any atom is 0.391 e. The number of hydrogen-bond donors (Lipinski definition) is 1. The van der Waals surface area contributed by atoms with E-state index in [0.717, 1.165) is 25.7 Å². The molecule has 2 aliphatic heterocycles. The fourth-order valence-corrected chi connectivity index (χ4v) is 5.34. The Morgan fingerprint density at radius 1 is 1.11 bits per heavy atom. The molecule has 1 N–H and O–H groups in total. The van der Waals surface area contributed by atoms with Crippen LogP contribution in [0.15, 0.2) is 18.3 Å². The number of likely N-dealkylation sites (tertiary alicyclic amines) is 1. The van der Waals surface area contributed by atoms with Crippen LogP contribution >= 0.6 is 0 Å². The number of nitrogens with one attached hydrogen (secondary N) is 1. The van der Waals surface area contributed by atoms with Crippen LogP contribution in [0.5, 0.6) is 5.75 Å². The molecule has 1 aromatic heterocycles. The minimum Gasteiger partial charge on any atom is -0.489 e. The molecule has 0 unspecified atom stereocenters. The maximum absolute atomic E-state index is 13.1. The first-order valence-corrected chi connectivity index (χ1v) is 12.6. The summed E-state index contributed by atoms with van der Waals surface area (Å²) >= 11 is 0. The van der Waals surface area contributed by atoms with Crippen molar-refractivity contribution in [2.24, 2.45) is 17.8 Å². The van der Waals surface area contributed by atoms with Gasteiger partial charge in [-0.3, -0.25) is 9.59 Å². The van der Waals surface area contributed by atoms with E-state index in [2.05, 4.69) is 10.3 Å². The molecule has 1 aromatic rings. The van der Waals surface area contributed by atoms with Crippen molar-refractivity contribution >= 4 is 11.8 Å². The lowest BCUT2D eigenvalue weighted by molar-refractivity contribution is -0.185. The highest BCUT2D eigenvalue weighted by molar-refractivity contribution is 5.94. The summed E-state index contributed by atoms with van der Waals surface area (Å²) in [5.41, 5.74) is 0.209. The van der Waals surface area contributed by atoms with Crippen molar-refractivity contribution < 1.29 is 32.2 Å². The van der Waals surface area contributed by atoms with Crippen LogP contribution in [0.3, 0.4) is 0 Å². The first kappa shape index (κ1) is 25.7. The van der Waals surface area contributed by atoms with Crippen LogP contribution in [0, 0.1) is 17.8 Å². The van der Waals surface area contributed by atoms with Crippen molar-refractivity contribution in [1.82, 2.24) is 15.2 Å². The van der Waals surface area contributed by atoms with Gasteiger partial charge in [-0.15, -0.1) is 0 Å². The summed E-state index contributed by atoms with van der Waals surface area (Å²) in [4.78, 5) is 31.8. The number of carbonyl (C=O) groups excluding carboxylic acids is 2. The number of alkyl halides is 3. The molecular weight excluding hydrogens is 463 g/mol. The van der Waals surface area contributed by atoms with Gasteiger partial charge in [0.15, 0.2) is 11.4 Å². The van der Waals surface area contributed by atoms with Gasteiger partial charge in [0.05, 0.1) is 12.0 Å². The molecule has 3 heterocycles. The second-order valence-corrected chi connectivity index (χ2v) is 9.84. The largest absolute Gasteiger partial charge is 0.489 e. The standard InChI is InChI=1S/C25H34F3N3O4/c26-25(27,28)19-7-5-18(6-8-19)24(33)31-12-2-3-20(31)16-35-21-4-1-11-29-22(21)23(32)30-15-17-9-13-34-14-10-17/h1,4,11,17-20H,2-3,5-10,12-16H2,(H,30,32)/t18?,19?,20-/m1/s1. The van der Waals surface area contributed by atoms with Crippen molar-refractivity contribution in [3.63, 3.8) is 0 Å². The van der Waals surface area contributed by atoms with Gasteiger partial charge in [0.1, 0.15) is 6.61 Å². The Labute approximate surface area is 203 Å². The van der Waals surface area contributed by atoms with Crippen molar-refractivity contribution in [2.75, 3.05) is 32.9 Å². The van der Waals surface area contributed by atoms with Crippen LogP contribution in [-0.2, 0) is 9.53 Å². The van der Waals surface area contributed by atoms with Gasteiger partial charge in [-0.2, -0.15) is 13.2 Å². The first-order valence-electron chi connectivity index (χ1n) is 12.6. The molecule has 194 valence electrons. The van der Waals surface area contributed by atoms with Crippen LogP contribution in [-0.4, -0.2) is 66.8 Å². The number of carbonyl (C=O) groups is 2. The molecule has 4 rings (SSSR count). The van der Waals surface area contributed by atoms with E-state index in [1.165, 1.54) is 0 Å². The van der Waals surface area contributed by atoms with Crippen molar-refractivity contribution in [3.05, 3.63) is 24.0 Å². The molecule has 2 amide bonds. The lowest BCUT2D eigenvalue weighted by Crippen LogP contribution is -2.44. The zero-order valence-corrected chi connectivity index (χ0v) is 19.9. The molecule has 2 saturated heterocycles. The minimum absolute atomic E-state index is 0.0109. The molecule has 0 radical (unpaired) electrons. The molecule has 1 saturated carbocycles. The summed E-state index contributed by atoms with van der Waals surface area (Å²) in [5, 5.41) is 2.94. The summed E-state index contributed by atoms with van der Waals surface area (Å²) < 4.78 is 50.3. The molecule has 1 aliphatic carbocycles. The van der Waals surface area contributed by atoms with Gasteiger partial charge < -0.3 is 19.7 Å². The Balaban J connectivity index is 1.30. The van der Waals surface area contributed by atoms with E-state index < -0.39 is 12.1 Å². The SMILES string of the molecule is O=C(NCC1CCOCC1)c1ncccc1OC[C@H]1CCCN1C(=O)C1CCC(C(F)(F)F)CC1. The Kier molecular flexibility index (Phi) is 8.51. The highest BCUT2D eigenvalue weighted by Crippen LogP contribution is 2.40. The monoisotopic (exact) mass is 497 g/mol. The van der Waals surface area contributed by atoms with E-state index in [0.29, 0.717) is 38.0 Å². The smallest absolute Gasteiger partial charge is 0.391 e. The van der Waals surface area contributed by atoms with Crippen LogP contribution in [0.4, 0.5) is 13.2 Å². The third-order valence-corrected chi connectivity index (χ3v) is 7.51. The second kappa shape index (κ2) is 11.6. The fourth-order valence-electron chi connectivity index (χ4n) is 5.34. The zero-order chi connectivity index (χ0) is 24.8. The van der Waals surface area contributed by atoms with E-state index in [9.17, 15) is 22.8 Å². The highest BCUT2D eigenvalue weighted by atomic mass is 19.4. The maximum atomic E-state index is 13.1. The average molecular weight is 498 g/mol. The number of hydrogen-bond acceptors (Lipinski definition) is 5. The molecule has 35 heavy (non-hydrogen) atoms. The summed E-state index contributed by atoms with van der Waals surface area (Å²) in [6, 6.07) is 3.22. The molecule has 3 aliphatic rings. The molecular formula is C25H34F3N3O4. The van der Waals surface area contributed by atoms with Crippen LogP contribution in [0.2, 0.25) is 0 Å². The zero-order valence-electron chi connectivity index (χ0n) is 19.9. The quantitative estimate of drug-likeness (QED) is 0.617. The number of rotatable bonds is 7.